The summed E-state index contributed by atoms with van der Waals surface area (Å²) in [6.45, 7) is 7.91. The second-order valence-electron chi connectivity index (χ2n) is 5.95. The minimum absolute atomic E-state index is 0.0686. The molecule has 1 aromatic rings. The number of aryl methyl sites for hydroxylation is 3. The smallest absolute Gasteiger partial charge is 0.257 e. The summed E-state index contributed by atoms with van der Waals surface area (Å²) in [5.41, 5.74) is 3.65. The first-order valence-corrected chi connectivity index (χ1v) is 8.14. The predicted octanol–water partition coefficient (Wildman–Crippen LogP) is 2.57. The largest absolute Gasteiger partial charge is 0.483 e. The van der Waals surface area contributed by atoms with E-state index in [4.69, 9.17) is 4.74 Å². The molecule has 4 nitrogen and oxygen atoms in total. The number of ether oxygens (including phenoxy) is 1. The highest BCUT2D eigenvalue weighted by Crippen LogP contribution is 2.26. The van der Waals surface area contributed by atoms with Crippen molar-refractivity contribution in [3.63, 3.8) is 0 Å². The van der Waals surface area contributed by atoms with Gasteiger partial charge in [0, 0.05) is 13.1 Å². The summed E-state index contributed by atoms with van der Waals surface area (Å²) in [6.07, 6.45) is 3.13. The molecule has 0 fully saturated rings. The van der Waals surface area contributed by atoms with Gasteiger partial charge in [-0.05, 0) is 50.6 Å². The second-order valence-corrected chi connectivity index (χ2v) is 5.95. The summed E-state index contributed by atoms with van der Waals surface area (Å²) < 4.78 is 5.79. The molecule has 124 valence electrons. The summed E-state index contributed by atoms with van der Waals surface area (Å²) in [5, 5.41) is 2.87. The van der Waals surface area contributed by atoms with Gasteiger partial charge in [-0.15, -0.1) is 0 Å². The third-order valence-electron chi connectivity index (χ3n) is 3.56. The van der Waals surface area contributed by atoms with Crippen molar-refractivity contribution in [3.8, 4) is 5.75 Å². The minimum atomic E-state index is -0.0686. The van der Waals surface area contributed by atoms with Crippen LogP contribution in [0.25, 0.3) is 0 Å². The van der Waals surface area contributed by atoms with Gasteiger partial charge in [-0.25, -0.2) is 0 Å². The standard InChI is InChI=1S/C18H30N2O2/c1-6-8-15-11-14(3)18(16(7-2)12-15)22-13-17(21)19-9-10-20(4)5/h11-12H,6-10,13H2,1-5H3,(H,19,21). The topological polar surface area (TPSA) is 41.6 Å². The van der Waals surface area contributed by atoms with Gasteiger partial charge in [0.1, 0.15) is 5.75 Å². The Labute approximate surface area is 134 Å². The van der Waals surface area contributed by atoms with Crippen molar-refractivity contribution in [2.45, 2.75) is 40.0 Å². The monoisotopic (exact) mass is 306 g/mol. The third kappa shape index (κ3) is 6.06. The molecule has 0 saturated carbocycles. The van der Waals surface area contributed by atoms with Crippen LogP contribution in [0.4, 0.5) is 0 Å². The zero-order valence-electron chi connectivity index (χ0n) is 14.7. The van der Waals surface area contributed by atoms with Gasteiger partial charge in [-0.1, -0.05) is 32.4 Å². The molecule has 0 aliphatic carbocycles. The highest BCUT2D eigenvalue weighted by atomic mass is 16.5. The maximum atomic E-state index is 11.8. The number of hydrogen-bond acceptors (Lipinski definition) is 3. The van der Waals surface area contributed by atoms with Gasteiger partial charge in [0.15, 0.2) is 6.61 Å². The maximum absolute atomic E-state index is 11.8. The van der Waals surface area contributed by atoms with Gasteiger partial charge in [0.05, 0.1) is 0 Å². The van der Waals surface area contributed by atoms with Crippen LogP contribution in [-0.2, 0) is 17.6 Å². The van der Waals surface area contributed by atoms with Crippen LogP contribution in [0.3, 0.4) is 0 Å². The van der Waals surface area contributed by atoms with Gasteiger partial charge in [-0.3, -0.25) is 4.79 Å². The van der Waals surface area contributed by atoms with Gasteiger partial charge in [-0.2, -0.15) is 0 Å². The van der Waals surface area contributed by atoms with E-state index >= 15 is 0 Å². The molecule has 0 bridgehead atoms. The Morgan fingerprint density at radius 1 is 1.27 bits per heavy atom. The van der Waals surface area contributed by atoms with E-state index in [-0.39, 0.29) is 12.5 Å². The fourth-order valence-corrected chi connectivity index (χ4v) is 2.44. The normalized spacial score (nSPS) is 10.8. The van der Waals surface area contributed by atoms with Gasteiger partial charge in [0.2, 0.25) is 0 Å². The Balaban J connectivity index is 2.63. The number of amides is 1. The van der Waals surface area contributed by atoms with Crippen LogP contribution in [0.1, 0.15) is 37.0 Å². The van der Waals surface area contributed by atoms with E-state index in [0.717, 1.165) is 37.1 Å². The predicted molar refractivity (Wildman–Crippen MR) is 91.6 cm³/mol. The second kappa shape index (κ2) is 9.46. The van der Waals surface area contributed by atoms with E-state index in [9.17, 15) is 4.79 Å². The highest BCUT2D eigenvalue weighted by molar-refractivity contribution is 5.77. The van der Waals surface area contributed by atoms with Crippen molar-refractivity contribution in [2.75, 3.05) is 33.8 Å². The van der Waals surface area contributed by atoms with Crippen LogP contribution in [0, 0.1) is 6.92 Å². The molecular formula is C18H30N2O2. The summed E-state index contributed by atoms with van der Waals surface area (Å²) in [6, 6.07) is 4.37. The van der Waals surface area contributed by atoms with E-state index in [1.165, 1.54) is 11.1 Å². The number of benzene rings is 1. The molecule has 0 spiro atoms. The Kier molecular flexibility index (Phi) is 7.96. The number of likely N-dealkylation sites (N-methyl/N-ethyl adjacent to an activating group) is 1. The fourth-order valence-electron chi connectivity index (χ4n) is 2.44. The van der Waals surface area contributed by atoms with Crippen LogP contribution >= 0.6 is 0 Å². The molecule has 1 rings (SSSR count). The average Bonchev–Trinajstić information content (AvgIpc) is 2.45. The minimum Gasteiger partial charge on any atom is -0.483 e. The van der Waals surface area contributed by atoms with Gasteiger partial charge in [0.25, 0.3) is 5.91 Å². The number of carbonyl (C=O) groups is 1. The molecule has 0 atom stereocenters. The summed E-state index contributed by atoms with van der Waals surface area (Å²) >= 11 is 0. The third-order valence-corrected chi connectivity index (χ3v) is 3.56. The Bertz CT molecular complexity index is 484. The lowest BCUT2D eigenvalue weighted by molar-refractivity contribution is -0.123. The van der Waals surface area contributed by atoms with Crippen molar-refractivity contribution in [1.29, 1.82) is 0 Å². The van der Waals surface area contributed by atoms with Crippen LogP contribution < -0.4 is 10.1 Å². The quantitative estimate of drug-likeness (QED) is 0.762. The number of nitrogens with zero attached hydrogens (tertiary/aromatic N) is 1. The van der Waals surface area contributed by atoms with Gasteiger partial charge >= 0.3 is 0 Å². The molecular weight excluding hydrogens is 276 g/mol. The Morgan fingerprint density at radius 2 is 2.00 bits per heavy atom. The molecule has 0 aromatic heterocycles. The SMILES string of the molecule is CCCc1cc(C)c(OCC(=O)NCCN(C)C)c(CC)c1. The molecule has 0 radical (unpaired) electrons. The summed E-state index contributed by atoms with van der Waals surface area (Å²) in [4.78, 5) is 13.9. The van der Waals surface area contributed by atoms with Crippen molar-refractivity contribution in [2.24, 2.45) is 0 Å². The highest BCUT2D eigenvalue weighted by Gasteiger charge is 2.10. The van der Waals surface area contributed by atoms with Crippen LogP contribution in [0.5, 0.6) is 5.75 Å². The average molecular weight is 306 g/mol. The maximum Gasteiger partial charge on any atom is 0.257 e. The van der Waals surface area contributed by atoms with E-state index < -0.39 is 0 Å². The zero-order valence-corrected chi connectivity index (χ0v) is 14.7. The fraction of sp³-hybridized carbons (Fsp3) is 0.611. The number of carbonyl (C=O) groups excluding carboxylic acids is 1. The molecule has 0 saturated heterocycles. The lowest BCUT2D eigenvalue weighted by atomic mass is 10.0. The number of hydrogen-bond donors (Lipinski definition) is 1. The molecule has 1 N–H and O–H groups in total. The van der Waals surface area contributed by atoms with Crippen LogP contribution in [0.2, 0.25) is 0 Å². The van der Waals surface area contributed by atoms with E-state index in [2.05, 4.69) is 38.2 Å². The first-order valence-electron chi connectivity index (χ1n) is 8.14. The van der Waals surface area contributed by atoms with Crippen molar-refractivity contribution < 1.29 is 9.53 Å². The van der Waals surface area contributed by atoms with Crippen molar-refractivity contribution in [1.82, 2.24) is 10.2 Å². The van der Waals surface area contributed by atoms with Crippen LogP contribution in [0.15, 0.2) is 12.1 Å². The Morgan fingerprint density at radius 3 is 2.59 bits per heavy atom. The van der Waals surface area contributed by atoms with Gasteiger partial charge < -0.3 is 15.0 Å². The first kappa shape index (κ1) is 18.5. The molecule has 1 aromatic carbocycles. The number of rotatable bonds is 9. The molecule has 0 aliphatic heterocycles. The van der Waals surface area contributed by atoms with E-state index in [1.807, 2.05) is 19.0 Å². The van der Waals surface area contributed by atoms with Crippen molar-refractivity contribution in [3.05, 3.63) is 28.8 Å². The van der Waals surface area contributed by atoms with E-state index in [1.54, 1.807) is 0 Å². The lowest BCUT2D eigenvalue weighted by Crippen LogP contribution is -2.34. The summed E-state index contributed by atoms with van der Waals surface area (Å²) in [5.74, 6) is 0.797. The zero-order chi connectivity index (χ0) is 16.5. The Hall–Kier alpha value is -1.55. The molecule has 0 unspecified atom stereocenters. The molecule has 4 heteroatoms. The molecule has 0 heterocycles. The van der Waals surface area contributed by atoms with E-state index in [0.29, 0.717) is 6.54 Å². The summed E-state index contributed by atoms with van der Waals surface area (Å²) in [7, 11) is 3.97. The molecule has 0 aliphatic rings. The van der Waals surface area contributed by atoms with Crippen molar-refractivity contribution >= 4 is 5.91 Å². The number of nitrogens with one attached hydrogen (secondary N) is 1. The molecule has 1 amide bonds. The first-order chi connectivity index (χ1) is 10.5. The lowest BCUT2D eigenvalue weighted by Gasteiger charge is -2.16. The molecule has 22 heavy (non-hydrogen) atoms. The van der Waals surface area contributed by atoms with Crippen LogP contribution in [-0.4, -0.2) is 44.6 Å².